The fraction of sp³-hybridized carbons (Fsp3) is 0.643. The third-order valence-corrected chi connectivity index (χ3v) is 3.71. The van der Waals surface area contributed by atoms with E-state index >= 15 is 0 Å². The second kappa shape index (κ2) is 5.55. The average molecular weight is 260 g/mol. The summed E-state index contributed by atoms with van der Waals surface area (Å²) in [5, 5.41) is 3.30. The van der Waals surface area contributed by atoms with Gasteiger partial charge < -0.3 is 10.2 Å². The van der Waals surface area contributed by atoms with Crippen LogP contribution in [0.1, 0.15) is 49.0 Å². The first kappa shape index (κ1) is 12.4. The van der Waals surface area contributed by atoms with Crippen molar-refractivity contribution in [2.24, 2.45) is 0 Å². The van der Waals surface area contributed by atoms with Crippen molar-refractivity contribution < 1.29 is 4.79 Å². The molecule has 1 aliphatic carbocycles. The maximum Gasteiger partial charge on any atom is 0.272 e. The summed E-state index contributed by atoms with van der Waals surface area (Å²) >= 11 is 0. The number of aromatic nitrogens is 2. The second-order valence-electron chi connectivity index (χ2n) is 5.41. The molecule has 0 aromatic carbocycles. The Morgan fingerprint density at radius 1 is 1.16 bits per heavy atom. The quantitative estimate of drug-likeness (QED) is 0.904. The van der Waals surface area contributed by atoms with E-state index in [1.165, 1.54) is 32.0 Å². The Labute approximate surface area is 113 Å². The average Bonchev–Trinajstić information content (AvgIpc) is 3.24. The molecule has 1 aromatic heterocycles. The molecule has 0 bridgehead atoms. The zero-order chi connectivity index (χ0) is 13.1. The molecule has 0 radical (unpaired) electrons. The molecule has 2 heterocycles. The molecule has 1 aliphatic heterocycles. The molecule has 19 heavy (non-hydrogen) atoms. The molecule has 1 amide bonds. The van der Waals surface area contributed by atoms with Gasteiger partial charge in [-0.1, -0.05) is 12.8 Å². The molecule has 1 aromatic rings. The normalized spacial score (nSPS) is 19.9. The topological polar surface area (TPSA) is 58.1 Å². The van der Waals surface area contributed by atoms with Crippen molar-refractivity contribution in [3.63, 3.8) is 0 Å². The van der Waals surface area contributed by atoms with Crippen molar-refractivity contribution in [1.82, 2.24) is 14.9 Å². The minimum absolute atomic E-state index is 0.0446. The van der Waals surface area contributed by atoms with Crippen molar-refractivity contribution >= 4 is 11.7 Å². The predicted octanol–water partition coefficient (Wildman–Crippen LogP) is 2.07. The number of carbonyl (C=O) groups excluding carboxylic acids is 1. The molecule has 1 N–H and O–H groups in total. The summed E-state index contributed by atoms with van der Waals surface area (Å²) in [4.78, 5) is 22.6. The van der Waals surface area contributed by atoms with Gasteiger partial charge in [0.1, 0.15) is 17.8 Å². The van der Waals surface area contributed by atoms with Crippen molar-refractivity contribution in [3.8, 4) is 0 Å². The Balaban J connectivity index is 1.70. The summed E-state index contributed by atoms with van der Waals surface area (Å²) in [5.41, 5.74) is 0.514. The molecule has 1 saturated heterocycles. The molecule has 102 valence electrons. The van der Waals surface area contributed by atoms with Crippen molar-refractivity contribution in [1.29, 1.82) is 0 Å². The number of amides is 1. The lowest BCUT2D eigenvalue weighted by Gasteiger charge is -2.19. The summed E-state index contributed by atoms with van der Waals surface area (Å²) in [5.74, 6) is 0.818. The van der Waals surface area contributed by atoms with E-state index < -0.39 is 0 Å². The van der Waals surface area contributed by atoms with Crippen LogP contribution in [0.25, 0.3) is 0 Å². The third kappa shape index (κ3) is 3.22. The number of hydrogen-bond donors (Lipinski definition) is 1. The zero-order valence-corrected chi connectivity index (χ0v) is 11.1. The number of rotatable bonds is 3. The maximum absolute atomic E-state index is 12.4. The first-order valence-electron chi connectivity index (χ1n) is 7.21. The Hall–Kier alpha value is -1.65. The monoisotopic (exact) mass is 260 g/mol. The Bertz CT molecular complexity index is 451. The number of likely N-dealkylation sites (tertiary alicyclic amines) is 1. The lowest BCUT2D eigenvalue weighted by Crippen LogP contribution is -2.32. The molecule has 2 aliphatic rings. The molecule has 2 fully saturated rings. The molecule has 0 atom stereocenters. The molecule has 0 unspecified atom stereocenters. The van der Waals surface area contributed by atoms with Crippen LogP contribution in [0.5, 0.6) is 0 Å². The van der Waals surface area contributed by atoms with E-state index in [0.29, 0.717) is 11.7 Å². The standard InChI is InChI=1S/C14H20N4O/c19-14(18-7-3-1-2-4-8-18)12-9-13(16-10-15-12)17-11-5-6-11/h9-11H,1-8H2,(H,15,16,17). The smallest absolute Gasteiger partial charge is 0.272 e. The number of nitrogens with one attached hydrogen (secondary N) is 1. The molecular weight excluding hydrogens is 240 g/mol. The summed E-state index contributed by atoms with van der Waals surface area (Å²) in [7, 11) is 0. The second-order valence-corrected chi connectivity index (χ2v) is 5.41. The highest BCUT2D eigenvalue weighted by Crippen LogP contribution is 2.23. The van der Waals surface area contributed by atoms with Gasteiger partial charge in [0.05, 0.1) is 0 Å². The lowest BCUT2D eigenvalue weighted by atomic mass is 10.2. The van der Waals surface area contributed by atoms with E-state index in [2.05, 4.69) is 15.3 Å². The minimum atomic E-state index is 0.0446. The fourth-order valence-electron chi connectivity index (χ4n) is 2.43. The summed E-state index contributed by atoms with van der Waals surface area (Å²) in [6.45, 7) is 1.71. The fourth-order valence-corrected chi connectivity index (χ4v) is 2.43. The minimum Gasteiger partial charge on any atom is -0.367 e. The predicted molar refractivity (Wildman–Crippen MR) is 73.0 cm³/mol. The molecule has 0 spiro atoms. The van der Waals surface area contributed by atoms with Crippen LogP contribution in [0.4, 0.5) is 5.82 Å². The summed E-state index contributed by atoms with van der Waals surface area (Å²) in [6.07, 6.45) is 8.52. The van der Waals surface area contributed by atoms with Gasteiger partial charge in [-0.15, -0.1) is 0 Å². The maximum atomic E-state index is 12.4. The van der Waals surface area contributed by atoms with Crippen LogP contribution in [0, 0.1) is 0 Å². The van der Waals surface area contributed by atoms with E-state index in [4.69, 9.17) is 0 Å². The van der Waals surface area contributed by atoms with Crippen molar-refractivity contribution in [2.75, 3.05) is 18.4 Å². The van der Waals surface area contributed by atoms with E-state index in [9.17, 15) is 4.79 Å². The van der Waals surface area contributed by atoms with Crippen LogP contribution >= 0.6 is 0 Å². The molecule has 3 rings (SSSR count). The van der Waals surface area contributed by atoms with E-state index in [-0.39, 0.29) is 5.91 Å². The van der Waals surface area contributed by atoms with Crippen LogP contribution in [0.15, 0.2) is 12.4 Å². The van der Waals surface area contributed by atoms with Gasteiger partial charge in [0, 0.05) is 25.2 Å². The van der Waals surface area contributed by atoms with Crippen LogP contribution in [0.3, 0.4) is 0 Å². The van der Waals surface area contributed by atoms with Crippen LogP contribution in [-0.2, 0) is 0 Å². The van der Waals surface area contributed by atoms with Gasteiger partial charge in [-0.25, -0.2) is 9.97 Å². The summed E-state index contributed by atoms with van der Waals surface area (Å²) in [6, 6.07) is 2.32. The van der Waals surface area contributed by atoms with Gasteiger partial charge in [-0.2, -0.15) is 0 Å². The first-order valence-corrected chi connectivity index (χ1v) is 7.21. The highest BCUT2D eigenvalue weighted by atomic mass is 16.2. The van der Waals surface area contributed by atoms with Crippen molar-refractivity contribution in [2.45, 2.75) is 44.6 Å². The Kier molecular flexibility index (Phi) is 3.62. The number of hydrogen-bond acceptors (Lipinski definition) is 4. The summed E-state index contributed by atoms with van der Waals surface area (Å²) < 4.78 is 0. The van der Waals surface area contributed by atoms with E-state index in [1.807, 2.05) is 4.90 Å². The van der Waals surface area contributed by atoms with Gasteiger partial charge in [0.15, 0.2) is 0 Å². The van der Waals surface area contributed by atoms with Crippen LogP contribution in [-0.4, -0.2) is 39.9 Å². The van der Waals surface area contributed by atoms with Gasteiger partial charge in [-0.05, 0) is 25.7 Å². The number of nitrogens with zero attached hydrogens (tertiary/aromatic N) is 3. The van der Waals surface area contributed by atoms with Gasteiger partial charge in [0.2, 0.25) is 0 Å². The van der Waals surface area contributed by atoms with Crippen LogP contribution in [0.2, 0.25) is 0 Å². The highest BCUT2D eigenvalue weighted by molar-refractivity contribution is 5.92. The van der Waals surface area contributed by atoms with Crippen molar-refractivity contribution in [3.05, 3.63) is 18.1 Å². The Morgan fingerprint density at radius 3 is 2.58 bits per heavy atom. The highest BCUT2D eigenvalue weighted by Gasteiger charge is 2.23. The van der Waals surface area contributed by atoms with Gasteiger partial charge in [0.25, 0.3) is 5.91 Å². The molecule has 1 saturated carbocycles. The third-order valence-electron chi connectivity index (χ3n) is 3.71. The van der Waals surface area contributed by atoms with E-state index in [0.717, 1.165) is 31.7 Å². The van der Waals surface area contributed by atoms with Crippen LogP contribution < -0.4 is 5.32 Å². The molecule has 5 heteroatoms. The molecular formula is C14H20N4O. The van der Waals surface area contributed by atoms with Gasteiger partial charge >= 0.3 is 0 Å². The Morgan fingerprint density at radius 2 is 1.89 bits per heavy atom. The zero-order valence-electron chi connectivity index (χ0n) is 11.1. The van der Waals surface area contributed by atoms with E-state index in [1.54, 1.807) is 6.07 Å². The molecule has 5 nitrogen and oxygen atoms in total. The largest absolute Gasteiger partial charge is 0.367 e. The van der Waals surface area contributed by atoms with Gasteiger partial charge in [-0.3, -0.25) is 4.79 Å². The number of anilines is 1. The first-order chi connectivity index (χ1) is 9.33. The number of carbonyl (C=O) groups is 1. The lowest BCUT2D eigenvalue weighted by molar-refractivity contribution is 0.0755. The SMILES string of the molecule is O=C(c1cc(NC2CC2)ncn1)N1CCCCCC1.